The van der Waals surface area contributed by atoms with Crippen LogP contribution in [0.1, 0.15) is 46.1 Å². The third-order valence-corrected chi connectivity index (χ3v) is 5.17. The van der Waals surface area contributed by atoms with Gasteiger partial charge in [0.2, 0.25) is 0 Å². The number of hydrogen-bond donors (Lipinski definition) is 2. The number of aryl methyl sites for hydroxylation is 1. The fourth-order valence-corrected chi connectivity index (χ4v) is 4.05. The highest BCUT2D eigenvalue weighted by Crippen LogP contribution is 2.40. The number of carbonyl (C=O) groups is 1. The Morgan fingerprint density at radius 1 is 1.33 bits per heavy atom. The van der Waals surface area contributed by atoms with Gasteiger partial charge in [0, 0.05) is 22.7 Å². The van der Waals surface area contributed by atoms with Gasteiger partial charge in [0.25, 0.3) is 0 Å². The minimum atomic E-state index is -0.334. The van der Waals surface area contributed by atoms with Gasteiger partial charge in [-0.2, -0.15) is 0 Å². The number of esters is 1. The van der Waals surface area contributed by atoms with Crippen LogP contribution in [-0.4, -0.2) is 29.0 Å². The lowest BCUT2D eigenvalue weighted by atomic mass is 9.95. The maximum Gasteiger partial charge on any atom is 0.341 e. The van der Waals surface area contributed by atoms with E-state index in [1.165, 1.54) is 34.6 Å². The number of aromatic hydroxyl groups is 2. The molecule has 0 amide bonds. The van der Waals surface area contributed by atoms with Crippen molar-refractivity contribution in [3.63, 3.8) is 0 Å². The summed E-state index contributed by atoms with van der Waals surface area (Å²) < 4.78 is 5.20. The molecule has 126 valence electrons. The number of ether oxygens (including phenoxy) is 1. The molecule has 0 atom stereocenters. The number of hydrogen-bond acceptors (Lipinski definition) is 6. The van der Waals surface area contributed by atoms with Crippen molar-refractivity contribution in [3.8, 4) is 11.5 Å². The molecule has 2 N–H and O–H groups in total. The van der Waals surface area contributed by atoms with Crippen LogP contribution in [0.3, 0.4) is 0 Å². The molecule has 1 aliphatic rings. The van der Waals surface area contributed by atoms with E-state index in [2.05, 4.69) is 4.99 Å². The molecule has 0 saturated carbocycles. The van der Waals surface area contributed by atoms with E-state index in [9.17, 15) is 15.0 Å². The van der Waals surface area contributed by atoms with E-state index in [1.807, 2.05) is 0 Å². The molecule has 0 unspecified atom stereocenters. The third kappa shape index (κ3) is 3.28. The summed E-state index contributed by atoms with van der Waals surface area (Å²) in [5.41, 5.74) is 2.10. The van der Waals surface area contributed by atoms with Crippen LogP contribution >= 0.6 is 11.3 Å². The van der Waals surface area contributed by atoms with Gasteiger partial charge in [-0.25, -0.2) is 9.79 Å². The van der Waals surface area contributed by atoms with E-state index < -0.39 is 0 Å². The summed E-state index contributed by atoms with van der Waals surface area (Å²) in [4.78, 5) is 18.0. The van der Waals surface area contributed by atoms with E-state index in [1.54, 1.807) is 13.0 Å². The molecule has 3 rings (SSSR count). The van der Waals surface area contributed by atoms with Gasteiger partial charge < -0.3 is 14.9 Å². The van der Waals surface area contributed by atoms with Gasteiger partial charge in [-0.15, -0.1) is 11.3 Å². The molecule has 6 heteroatoms. The molecule has 24 heavy (non-hydrogen) atoms. The Bertz CT molecular complexity index is 795. The Hall–Kier alpha value is -2.34. The number of phenols is 2. The topological polar surface area (TPSA) is 79.1 Å². The normalized spacial score (nSPS) is 13.9. The summed E-state index contributed by atoms with van der Waals surface area (Å²) in [6.45, 7) is 2.11. The number of phenolic OH excluding ortho intramolecular Hbond substituents is 2. The number of benzene rings is 1. The highest BCUT2D eigenvalue weighted by molar-refractivity contribution is 7.16. The summed E-state index contributed by atoms with van der Waals surface area (Å²) in [6.07, 6.45) is 5.54. The summed E-state index contributed by atoms with van der Waals surface area (Å²) in [5, 5.41) is 19.8. The van der Waals surface area contributed by atoms with Crippen molar-refractivity contribution in [1.29, 1.82) is 0 Å². The van der Waals surface area contributed by atoms with Crippen molar-refractivity contribution >= 4 is 28.5 Å². The monoisotopic (exact) mass is 345 g/mol. The van der Waals surface area contributed by atoms with Crippen molar-refractivity contribution < 1.29 is 19.7 Å². The smallest absolute Gasteiger partial charge is 0.341 e. The molecular formula is C18H19NO4S. The van der Waals surface area contributed by atoms with Crippen molar-refractivity contribution in [1.82, 2.24) is 0 Å². The van der Waals surface area contributed by atoms with E-state index >= 15 is 0 Å². The lowest BCUT2D eigenvalue weighted by Gasteiger charge is -2.11. The minimum Gasteiger partial charge on any atom is -0.508 e. The lowest BCUT2D eigenvalue weighted by molar-refractivity contribution is 0.0526. The Balaban J connectivity index is 1.99. The zero-order valence-corrected chi connectivity index (χ0v) is 14.2. The fraction of sp³-hybridized carbons (Fsp3) is 0.333. The van der Waals surface area contributed by atoms with E-state index in [4.69, 9.17) is 4.74 Å². The van der Waals surface area contributed by atoms with Gasteiger partial charge in [0.15, 0.2) is 0 Å². The molecule has 0 bridgehead atoms. The SMILES string of the molecule is CCOC(=O)c1c(N=Cc2ccc(O)cc2O)sc2c1CCCC2. The van der Waals surface area contributed by atoms with Crippen LogP contribution in [0.2, 0.25) is 0 Å². The average Bonchev–Trinajstić information content (AvgIpc) is 2.92. The number of rotatable bonds is 4. The first kappa shape index (κ1) is 16.5. The van der Waals surface area contributed by atoms with Crippen molar-refractivity contribution in [2.75, 3.05) is 6.61 Å². The largest absolute Gasteiger partial charge is 0.508 e. The molecule has 1 heterocycles. The molecule has 2 aromatic rings. The summed E-state index contributed by atoms with van der Waals surface area (Å²) in [5.74, 6) is -0.403. The number of thiophene rings is 1. The zero-order valence-electron chi connectivity index (χ0n) is 13.4. The minimum absolute atomic E-state index is 0.0107. The van der Waals surface area contributed by atoms with Crippen LogP contribution in [0.5, 0.6) is 11.5 Å². The number of nitrogens with zero attached hydrogens (tertiary/aromatic N) is 1. The number of carbonyl (C=O) groups excluding carboxylic acids is 1. The van der Waals surface area contributed by atoms with Crippen molar-refractivity contribution in [2.24, 2.45) is 4.99 Å². The van der Waals surface area contributed by atoms with Crippen LogP contribution in [0.4, 0.5) is 5.00 Å². The Kier molecular flexibility index (Phi) is 4.85. The van der Waals surface area contributed by atoms with Gasteiger partial charge >= 0.3 is 5.97 Å². The molecule has 0 spiro atoms. The predicted octanol–water partition coefficient (Wildman–Crippen LogP) is 3.97. The van der Waals surface area contributed by atoms with Gasteiger partial charge in [0.1, 0.15) is 16.5 Å². The van der Waals surface area contributed by atoms with Gasteiger partial charge in [0.05, 0.1) is 12.2 Å². The zero-order chi connectivity index (χ0) is 17.1. The highest BCUT2D eigenvalue weighted by atomic mass is 32.1. The van der Waals surface area contributed by atoms with Crippen LogP contribution in [0, 0.1) is 0 Å². The quantitative estimate of drug-likeness (QED) is 0.649. The lowest BCUT2D eigenvalue weighted by Crippen LogP contribution is -2.09. The third-order valence-electron chi connectivity index (χ3n) is 3.97. The van der Waals surface area contributed by atoms with Crippen LogP contribution < -0.4 is 0 Å². The van der Waals surface area contributed by atoms with Crippen LogP contribution in [-0.2, 0) is 17.6 Å². The van der Waals surface area contributed by atoms with Crippen LogP contribution in [0.25, 0.3) is 0 Å². The molecule has 1 aromatic heterocycles. The fourth-order valence-electron chi connectivity index (χ4n) is 2.83. The summed E-state index contributed by atoms with van der Waals surface area (Å²) >= 11 is 1.51. The standard InChI is InChI=1S/C18H19NO4S/c1-2-23-18(22)16-13-5-3-4-6-15(13)24-17(16)19-10-11-7-8-12(20)9-14(11)21/h7-10,20-21H,2-6H2,1H3. The molecule has 1 aromatic carbocycles. The predicted molar refractivity (Wildman–Crippen MR) is 93.9 cm³/mol. The van der Waals surface area contributed by atoms with Crippen molar-refractivity contribution in [3.05, 3.63) is 39.8 Å². The van der Waals surface area contributed by atoms with E-state index in [-0.39, 0.29) is 17.5 Å². The average molecular weight is 345 g/mol. The molecule has 5 nitrogen and oxygen atoms in total. The molecule has 0 aliphatic heterocycles. The number of aliphatic imine (C=N–C) groups is 1. The second kappa shape index (κ2) is 7.05. The Morgan fingerprint density at radius 3 is 2.88 bits per heavy atom. The maximum absolute atomic E-state index is 12.3. The molecule has 0 radical (unpaired) electrons. The first-order valence-corrected chi connectivity index (χ1v) is 8.79. The number of fused-ring (bicyclic) bond motifs is 1. The first-order chi connectivity index (χ1) is 11.6. The summed E-state index contributed by atoms with van der Waals surface area (Å²) in [7, 11) is 0. The first-order valence-electron chi connectivity index (χ1n) is 7.98. The van der Waals surface area contributed by atoms with E-state index in [0.717, 1.165) is 31.2 Å². The van der Waals surface area contributed by atoms with E-state index in [0.29, 0.717) is 22.7 Å². The summed E-state index contributed by atoms with van der Waals surface area (Å²) in [6, 6.07) is 4.31. The Labute approximate surface area is 144 Å². The second-order valence-corrected chi connectivity index (χ2v) is 6.70. The van der Waals surface area contributed by atoms with Gasteiger partial charge in [-0.05, 0) is 50.3 Å². The van der Waals surface area contributed by atoms with Crippen molar-refractivity contribution in [2.45, 2.75) is 32.6 Å². The van der Waals surface area contributed by atoms with Crippen LogP contribution in [0.15, 0.2) is 23.2 Å². The van der Waals surface area contributed by atoms with Gasteiger partial charge in [-0.1, -0.05) is 0 Å². The molecule has 0 fully saturated rings. The second-order valence-electron chi connectivity index (χ2n) is 5.61. The molecular weight excluding hydrogens is 326 g/mol. The molecule has 0 saturated heterocycles. The Morgan fingerprint density at radius 2 is 2.12 bits per heavy atom. The van der Waals surface area contributed by atoms with Gasteiger partial charge in [-0.3, -0.25) is 0 Å². The molecule has 1 aliphatic carbocycles. The maximum atomic E-state index is 12.3. The highest BCUT2D eigenvalue weighted by Gasteiger charge is 2.26.